The molecule has 2 atom stereocenters. The average Bonchev–Trinajstić information content (AvgIpc) is 3.36. The normalized spacial score (nSPS) is 29.7. The Morgan fingerprint density at radius 3 is 2.48 bits per heavy atom. The first-order valence-corrected chi connectivity index (χ1v) is 11.5. The van der Waals surface area contributed by atoms with Gasteiger partial charge in [-0.25, -0.2) is 4.79 Å². The number of quaternary nitrogens is 1. The Bertz CT molecular complexity index is 742. The second-order valence-electron chi connectivity index (χ2n) is 7.70. The van der Waals surface area contributed by atoms with Gasteiger partial charge < -0.3 is 14.0 Å². The molecule has 0 aliphatic carbocycles. The van der Waals surface area contributed by atoms with E-state index in [0.29, 0.717) is 6.42 Å². The molecule has 4 nitrogen and oxygen atoms in total. The molecule has 2 fully saturated rings. The van der Waals surface area contributed by atoms with Gasteiger partial charge in [-0.15, -0.1) is 22.7 Å². The Kier molecular flexibility index (Phi) is 6.11. The van der Waals surface area contributed by atoms with Gasteiger partial charge in [0.05, 0.1) is 33.6 Å². The third kappa shape index (κ3) is 4.14. The standard InChI is InChI=1S/C19H24NO3S2.C2H6/c1-20(2)10-5-8-18(9-11-20)22-17(21)19(23-18,16-7-4-13-25-16)14-15-6-3-12-24-15;1-2/h3-4,6-7,12-13H,5,8-11,14H2,1-2H3;1-2H3/q+1;. The van der Waals surface area contributed by atoms with E-state index >= 15 is 0 Å². The van der Waals surface area contributed by atoms with Gasteiger partial charge in [-0.3, -0.25) is 0 Å². The van der Waals surface area contributed by atoms with Gasteiger partial charge >= 0.3 is 5.97 Å². The first kappa shape index (κ1) is 20.5. The van der Waals surface area contributed by atoms with Crippen LogP contribution in [0.1, 0.15) is 42.9 Å². The fourth-order valence-corrected chi connectivity index (χ4v) is 5.46. The van der Waals surface area contributed by atoms with Crippen LogP contribution in [0, 0.1) is 0 Å². The zero-order valence-electron chi connectivity index (χ0n) is 16.7. The number of likely N-dealkylation sites (tertiary alicyclic amines) is 1. The van der Waals surface area contributed by atoms with E-state index in [1.54, 1.807) is 22.7 Å². The molecule has 4 heterocycles. The number of rotatable bonds is 3. The van der Waals surface area contributed by atoms with Gasteiger partial charge in [0.1, 0.15) is 0 Å². The molecule has 4 rings (SSSR count). The lowest BCUT2D eigenvalue weighted by molar-refractivity contribution is -0.889. The summed E-state index contributed by atoms with van der Waals surface area (Å²) >= 11 is 3.23. The molecule has 0 saturated carbocycles. The van der Waals surface area contributed by atoms with E-state index in [0.717, 1.165) is 46.6 Å². The van der Waals surface area contributed by atoms with Crippen molar-refractivity contribution >= 4 is 28.6 Å². The Labute approximate surface area is 170 Å². The highest BCUT2D eigenvalue weighted by molar-refractivity contribution is 7.10. The van der Waals surface area contributed by atoms with Crippen molar-refractivity contribution in [2.75, 3.05) is 27.2 Å². The maximum Gasteiger partial charge on any atom is 0.347 e. The third-order valence-electron chi connectivity index (χ3n) is 5.31. The second-order valence-corrected chi connectivity index (χ2v) is 9.68. The van der Waals surface area contributed by atoms with E-state index < -0.39 is 11.4 Å². The van der Waals surface area contributed by atoms with Crippen molar-refractivity contribution in [3.8, 4) is 0 Å². The zero-order valence-corrected chi connectivity index (χ0v) is 18.3. The van der Waals surface area contributed by atoms with Crippen molar-refractivity contribution in [1.82, 2.24) is 0 Å². The summed E-state index contributed by atoms with van der Waals surface area (Å²) in [6, 6.07) is 8.05. The topological polar surface area (TPSA) is 35.5 Å². The van der Waals surface area contributed by atoms with E-state index in [9.17, 15) is 4.79 Å². The molecule has 0 N–H and O–H groups in total. The lowest BCUT2D eigenvalue weighted by Gasteiger charge is -2.30. The lowest BCUT2D eigenvalue weighted by atomic mass is 9.96. The van der Waals surface area contributed by atoms with Crippen molar-refractivity contribution in [3.63, 3.8) is 0 Å². The maximum absolute atomic E-state index is 13.1. The summed E-state index contributed by atoms with van der Waals surface area (Å²) in [5, 5.41) is 4.04. The van der Waals surface area contributed by atoms with Crippen LogP contribution in [0.25, 0.3) is 0 Å². The first-order chi connectivity index (χ1) is 12.9. The highest BCUT2D eigenvalue weighted by Gasteiger charge is 2.60. The van der Waals surface area contributed by atoms with Crippen LogP contribution in [0.15, 0.2) is 35.0 Å². The maximum atomic E-state index is 13.1. The molecular weight excluding hydrogens is 378 g/mol. The van der Waals surface area contributed by atoms with E-state index in [1.807, 2.05) is 42.8 Å². The molecule has 2 aliphatic rings. The second kappa shape index (κ2) is 8.03. The first-order valence-electron chi connectivity index (χ1n) is 9.75. The highest BCUT2D eigenvalue weighted by atomic mass is 32.1. The van der Waals surface area contributed by atoms with Crippen LogP contribution in [0.3, 0.4) is 0 Å². The zero-order chi connectivity index (χ0) is 19.5. The van der Waals surface area contributed by atoms with Gasteiger partial charge in [-0.1, -0.05) is 26.0 Å². The van der Waals surface area contributed by atoms with E-state index in [-0.39, 0.29) is 5.97 Å². The number of thiophene rings is 2. The van der Waals surface area contributed by atoms with Gasteiger partial charge in [0.2, 0.25) is 11.4 Å². The van der Waals surface area contributed by atoms with Crippen LogP contribution in [0.2, 0.25) is 0 Å². The van der Waals surface area contributed by atoms with Crippen LogP contribution >= 0.6 is 22.7 Å². The van der Waals surface area contributed by atoms with Crippen LogP contribution in [-0.2, 0) is 26.3 Å². The Hall–Kier alpha value is -1.21. The van der Waals surface area contributed by atoms with Gasteiger partial charge in [-0.05, 0) is 22.9 Å². The predicted molar refractivity (Wildman–Crippen MR) is 111 cm³/mol. The molecule has 2 saturated heterocycles. The summed E-state index contributed by atoms with van der Waals surface area (Å²) in [6.07, 6.45) is 3.07. The summed E-state index contributed by atoms with van der Waals surface area (Å²) in [5.74, 6) is -1.000. The summed E-state index contributed by atoms with van der Waals surface area (Å²) < 4.78 is 13.6. The van der Waals surface area contributed by atoms with Crippen molar-refractivity contribution in [1.29, 1.82) is 0 Å². The molecule has 1 spiro atoms. The summed E-state index contributed by atoms with van der Waals surface area (Å²) in [6.45, 7) is 6.03. The van der Waals surface area contributed by atoms with Gasteiger partial charge in [0.25, 0.3) is 0 Å². The molecule has 0 radical (unpaired) electrons. The summed E-state index contributed by atoms with van der Waals surface area (Å²) in [7, 11) is 4.46. The van der Waals surface area contributed by atoms with Crippen molar-refractivity contribution in [2.45, 2.75) is 50.9 Å². The molecule has 2 aliphatic heterocycles. The average molecular weight is 409 g/mol. The number of carbonyl (C=O) groups is 1. The largest absolute Gasteiger partial charge is 0.430 e. The third-order valence-corrected chi connectivity index (χ3v) is 7.20. The van der Waals surface area contributed by atoms with E-state index in [1.165, 1.54) is 0 Å². The quantitative estimate of drug-likeness (QED) is 0.540. The van der Waals surface area contributed by atoms with Crippen LogP contribution in [0.4, 0.5) is 0 Å². The number of nitrogens with zero attached hydrogens (tertiary/aromatic N) is 1. The summed E-state index contributed by atoms with van der Waals surface area (Å²) in [5.41, 5.74) is -1.000. The molecule has 0 bridgehead atoms. The van der Waals surface area contributed by atoms with Crippen LogP contribution in [0.5, 0.6) is 0 Å². The fourth-order valence-electron chi connectivity index (χ4n) is 3.83. The van der Waals surface area contributed by atoms with E-state index in [2.05, 4.69) is 20.2 Å². The molecular formula is C21H30NO3S2+. The number of hydrogen-bond acceptors (Lipinski definition) is 5. The van der Waals surface area contributed by atoms with E-state index in [4.69, 9.17) is 9.47 Å². The number of ether oxygens (including phenoxy) is 2. The molecule has 6 heteroatoms. The predicted octanol–water partition coefficient (Wildman–Crippen LogP) is 4.80. The Morgan fingerprint density at radius 2 is 1.81 bits per heavy atom. The summed E-state index contributed by atoms with van der Waals surface area (Å²) in [4.78, 5) is 15.2. The minimum absolute atomic E-state index is 0.226. The molecule has 0 aromatic carbocycles. The minimum Gasteiger partial charge on any atom is -0.430 e. The van der Waals surface area contributed by atoms with Crippen molar-refractivity contribution in [3.05, 3.63) is 44.8 Å². The molecule has 27 heavy (non-hydrogen) atoms. The van der Waals surface area contributed by atoms with Gasteiger partial charge in [0, 0.05) is 29.0 Å². The monoisotopic (exact) mass is 408 g/mol. The molecule has 148 valence electrons. The highest BCUT2D eigenvalue weighted by Crippen LogP contribution is 2.48. The fraction of sp³-hybridized carbons (Fsp3) is 0.571. The minimum atomic E-state index is -1.000. The molecule has 2 unspecified atom stereocenters. The number of carbonyl (C=O) groups excluding carboxylic acids is 1. The van der Waals surface area contributed by atoms with Gasteiger partial charge in [-0.2, -0.15) is 0 Å². The van der Waals surface area contributed by atoms with Crippen LogP contribution in [-0.4, -0.2) is 43.4 Å². The molecule has 0 amide bonds. The van der Waals surface area contributed by atoms with Crippen LogP contribution < -0.4 is 0 Å². The number of esters is 1. The SMILES string of the molecule is CC.C[N+]1(C)CCCC2(CC1)OC(=O)C(Cc1cccs1)(c1cccs1)O2. The van der Waals surface area contributed by atoms with Gasteiger partial charge in [0.15, 0.2) is 0 Å². The lowest BCUT2D eigenvalue weighted by Crippen LogP contribution is -2.42. The van der Waals surface area contributed by atoms with Crippen molar-refractivity contribution < 1.29 is 18.8 Å². The molecule has 2 aromatic rings. The smallest absolute Gasteiger partial charge is 0.347 e. The molecule has 2 aromatic heterocycles. The number of hydrogen-bond donors (Lipinski definition) is 0. The Morgan fingerprint density at radius 1 is 1.07 bits per heavy atom. The van der Waals surface area contributed by atoms with Crippen molar-refractivity contribution in [2.24, 2.45) is 0 Å². The Balaban J connectivity index is 0.00000102.